The number of amidine groups is 1. The van der Waals surface area contributed by atoms with E-state index in [4.69, 9.17) is 22.1 Å². The Morgan fingerprint density at radius 2 is 1.67 bits per heavy atom. The summed E-state index contributed by atoms with van der Waals surface area (Å²) in [5, 5.41) is 15.3. The second-order valence-electron chi connectivity index (χ2n) is 8.69. The SMILES string of the molecule is Cc1ccc(C2=NN(C(=N)S[C@@H]3CC(=O)N(c4ccc(Cl)cc4)C3=O)[C@H](c3ccc(Br)cc3)C2)cc1. The Kier molecular flexibility index (Phi) is 7.01. The monoisotopic (exact) mass is 580 g/mol. The molecule has 0 aromatic heterocycles. The van der Waals surface area contributed by atoms with Crippen molar-refractivity contribution in [3.63, 3.8) is 0 Å². The van der Waals surface area contributed by atoms with E-state index in [1.807, 2.05) is 55.5 Å². The molecule has 0 radical (unpaired) electrons. The van der Waals surface area contributed by atoms with Crippen molar-refractivity contribution in [3.8, 4) is 0 Å². The maximum Gasteiger partial charge on any atom is 0.247 e. The van der Waals surface area contributed by atoms with E-state index in [0.29, 0.717) is 17.1 Å². The Morgan fingerprint density at radius 3 is 2.33 bits per heavy atom. The third-order valence-corrected chi connectivity index (χ3v) is 8.05. The van der Waals surface area contributed by atoms with Crippen LogP contribution < -0.4 is 4.90 Å². The summed E-state index contributed by atoms with van der Waals surface area (Å²) in [7, 11) is 0. The number of hydrazone groups is 1. The normalized spacial score (nSPS) is 19.7. The molecular weight excluding hydrogens is 560 g/mol. The van der Waals surface area contributed by atoms with Crippen molar-refractivity contribution in [2.45, 2.75) is 31.1 Å². The number of hydrogen-bond acceptors (Lipinski definition) is 5. The van der Waals surface area contributed by atoms with Crippen LogP contribution in [0.25, 0.3) is 0 Å². The maximum atomic E-state index is 13.2. The molecule has 2 heterocycles. The molecule has 5 rings (SSSR count). The number of nitrogens with one attached hydrogen (secondary N) is 1. The van der Waals surface area contributed by atoms with Gasteiger partial charge in [-0.1, -0.05) is 81.3 Å². The van der Waals surface area contributed by atoms with E-state index in [-0.39, 0.29) is 29.4 Å². The number of amides is 2. The number of nitrogens with zero attached hydrogens (tertiary/aromatic N) is 3. The number of carbonyl (C=O) groups is 2. The zero-order chi connectivity index (χ0) is 25.4. The fourth-order valence-corrected chi connectivity index (χ4v) is 5.68. The van der Waals surface area contributed by atoms with Gasteiger partial charge in [0.05, 0.1) is 17.4 Å². The van der Waals surface area contributed by atoms with Crippen LogP contribution in [0.15, 0.2) is 82.4 Å². The number of benzene rings is 3. The Morgan fingerprint density at radius 1 is 1.00 bits per heavy atom. The number of halogens is 2. The Labute approximate surface area is 227 Å². The molecule has 1 saturated heterocycles. The van der Waals surface area contributed by atoms with Gasteiger partial charge in [0, 0.05) is 22.3 Å². The highest BCUT2D eigenvalue weighted by Gasteiger charge is 2.42. The second kappa shape index (κ2) is 10.2. The van der Waals surface area contributed by atoms with E-state index in [1.165, 1.54) is 4.90 Å². The lowest BCUT2D eigenvalue weighted by molar-refractivity contribution is -0.121. The van der Waals surface area contributed by atoms with Crippen molar-refractivity contribution in [2.24, 2.45) is 5.10 Å². The highest BCUT2D eigenvalue weighted by molar-refractivity contribution is 9.10. The molecule has 3 aromatic carbocycles. The summed E-state index contributed by atoms with van der Waals surface area (Å²) in [5.74, 6) is -0.624. The van der Waals surface area contributed by atoms with Gasteiger partial charge in [-0.25, -0.2) is 9.91 Å². The van der Waals surface area contributed by atoms with Gasteiger partial charge in [-0.05, 0) is 54.4 Å². The van der Waals surface area contributed by atoms with Gasteiger partial charge in [0.2, 0.25) is 11.8 Å². The van der Waals surface area contributed by atoms with Gasteiger partial charge in [0.25, 0.3) is 0 Å². The van der Waals surface area contributed by atoms with Crippen LogP contribution in [-0.2, 0) is 9.59 Å². The minimum atomic E-state index is -0.690. The van der Waals surface area contributed by atoms with Crippen molar-refractivity contribution < 1.29 is 9.59 Å². The fourth-order valence-electron chi connectivity index (χ4n) is 4.31. The molecule has 6 nitrogen and oxygen atoms in total. The largest absolute Gasteiger partial charge is 0.277 e. The average molecular weight is 582 g/mol. The van der Waals surface area contributed by atoms with Crippen LogP contribution >= 0.6 is 39.3 Å². The zero-order valence-corrected chi connectivity index (χ0v) is 22.5. The molecule has 1 N–H and O–H groups in total. The molecule has 0 saturated carbocycles. The van der Waals surface area contributed by atoms with E-state index < -0.39 is 5.25 Å². The lowest BCUT2D eigenvalue weighted by atomic mass is 9.98. The molecule has 0 bridgehead atoms. The minimum absolute atomic E-state index is 0.0276. The standard InChI is InChI=1S/C27H22BrClN4O2S/c1-16-2-4-17(5-3-16)22-14-23(18-6-8-19(28)9-7-18)33(31-22)27(30)36-24-15-25(34)32(26(24)35)21-12-10-20(29)11-13-21/h2-13,23-24,30H,14-15H2,1H3/t23-,24+/m0/s1. The molecule has 0 spiro atoms. The van der Waals surface area contributed by atoms with Crippen LogP contribution in [0.3, 0.4) is 0 Å². The number of thioether (sulfide) groups is 1. The predicted molar refractivity (Wildman–Crippen MR) is 149 cm³/mol. The number of aryl methyl sites for hydroxylation is 1. The van der Waals surface area contributed by atoms with Crippen molar-refractivity contribution in [1.82, 2.24) is 5.01 Å². The van der Waals surface area contributed by atoms with E-state index in [9.17, 15) is 9.59 Å². The van der Waals surface area contributed by atoms with E-state index in [2.05, 4.69) is 15.9 Å². The highest BCUT2D eigenvalue weighted by Crippen LogP contribution is 2.38. The summed E-state index contributed by atoms with van der Waals surface area (Å²) < 4.78 is 0.970. The fraction of sp³-hybridized carbons (Fsp3) is 0.185. The van der Waals surface area contributed by atoms with Crippen molar-refractivity contribution in [3.05, 3.63) is 99.0 Å². The Bertz CT molecular complexity index is 1360. The summed E-state index contributed by atoms with van der Waals surface area (Å²) in [6, 6.07) is 22.5. The van der Waals surface area contributed by atoms with E-state index in [0.717, 1.165) is 38.6 Å². The van der Waals surface area contributed by atoms with Gasteiger partial charge in [0.15, 0.2) is 5.17 Å². The first-order chi connectivity index (χ1) is 17.3. The van der Waals surface area contributed by atoms with Crippen LogP contribution in [0.4, 0.5) is 5.69 Å². The lowest BCUT2D eigenvalue weighted by Gasteiger charge is -2.24. The van der Waals surface area contributed by atoms with Crippen LogP contribution in [0.1, 0.15) is 35.6 Å². The maximum absolute atomic E-state index is 13.2. The van der Waals surface area contributed by atoms with E-state index in [1.54, 1.807) is 29.3 Å². The molecule has 2 aliphatic rings. The molecule has 36 heavy (non-hydrogen) atoms. The van der Waals surface area contributed by atoms with Crippen molar-refractivity contribution in [1.29, 1.82) is 5.41 Å². The number of hydrogen-bond donors (Lipinski definition) is 1. The smallest absolute Gasteiger partial charge is 0.247 e. The summed E-state index contributed by atoms with van der Waals surface area (Å²) >= 11 is 10.5. The second-order valence-corrected chi connectivity index (χ2v) is 11.2. The van der Waals surface area contributed by atoms with Crippen LogP contribution in [-0.4, -0.2) is 33.0 Å². The molecule has 3 aromatic rings. The molecule has 0 unspecified atom stereocenters. The van der Waals surface area contributed by atoms with Gasteiger partial charge in [0.1, 0.15) is 5.25 Å². The molecule has 0 aliphatic carbocycles. The quantitative estimate of drug-likeness (QED) is 0.215. The van der Waals surface area contributed by atoms with Crippen molar-refractivity contribution >= 4 is 67.7 Å². The molecule has 1 fully saturated rings. The average Bonchev–Trinajstić information content (AvgIpc) is 3.42. The van der Waals surface area contributed by atoms with Crippen LogP contribution in [0.5, 0.6) is 0 Å². The first kappa shape index (κ1) is 24.7. The number of anilines is 1. The molecule has 182 valence electrons. The van der Waals surface area contributed by atoms with Crippen LogP contribution in [0, 0.1) is 12.3 Å². The highest BCUT2D eigenvalue weighted by atomic mass is 79.9. The zero-order valence-electron chi connectivity index (χ0n) is 19.3. The first-order valence-corrected chi connectivity index (χ1v) is 13.4. The van der Waals surface area contributed by atoms with Gasteiger partial charge >= 0.3 is 0 Å². The van der Waals surface area contributed by atoms with Gasteiger partial charge in [-0.2, -0.15) is 5.10 Å². The summed E-state index contributed by atoms with van der Waals surface area (Å²) in [6.07, 6.45) is 0.655. The molecule has 2 aliphatic heterocycles. The molecule has 2 amide bonds. The Hall–Kier alpha value is -2.94. The van der Waals surface area contributed by atoms with Gasteiger partial charge in [-0.15, -0.1) is 0 Å². The summed E-state index contributed by atoms with van der Waals surface area (Å²) in [4.78, 5) is 27.0. The number of rotatable bonds is 4. The van der Waals surface area contributed by atoms with Crippen LogP contribution in [0.2, 0.25) is 5.02 Å². The first-order valence-electron chi connectivity index (χ1n) is 11.4. The lowest BCUT2D eigenvalue weighted by Crippen LogP contribution is -2.32. The molecule has 2 atom stereocenters. The summed E-state index contributed by atoms with van der Waals surface area (Å²) in [5.41, 5.74) is 4.55. The minimum Gasteiger partial charge on any atom is -0.277 e. The third-order valence-electron chi connectivity index (χ3n) is 6.20. The third kappa shape index (κ3) is 4.98. The van der Waals surface area contributed by atoms with Gasteiger partial charge < -0.3 is 0 Å². The number of carbonyl (C=O) groups excluding carboxylic acids is 2. The summed E-state index contributed by atoms with van der Waals surface area (Å²) in [6.45, 7) is 2.04. The topological polar surface area (TPSA) is 76.8 Å². The predicted octanol–water partition coefficient (Wildman–Crippen LogP) is 6.56. The van der Waals surface area contributed by atoms with E-state index >= 15 is 0 Å². The molecule has 9 heteroatoms. The van der Waals surface area contributed by atoms with Gasteiger partial charge in [-0.3, -0.25) is 15.0 Å². The molecular formula is C27H22BrClN4O2S. The number of imide groups is 1. The van der Waals surface area contributed by atoms with Crippen molar-refractivity contribution in [2.75, 3.05) is 4.90 Å². The Balaban J connectivity index is 1.39.